The highest BCUT2D eigenvalue weighted by Gasteiger charge is 2.42. The molecule has 1 fully saturated rings. The van der Waals surface area contributed by atoms with Crippen molar-refractivity contribution in [3.8, 4) is 0 Å². The normalized spacial score (nSPS) is 25.6. The summed E-state index contributed by atoms with van der Waals surface area (Å²) in [5.41, 5.74) is 2.91. The first kappa shape index (κ1) is 10.5. The van der Waals surface area contributed by atoms with E-state index in [1.54, 1.807) is 13.0 Å². The second-order valence-corrected chi connectivity index (χ2v) is 4.93. The fourth-order valence-corrected chi connectivity index (χ4v) is 3.36. The molecule has 3 rings (SSSR count). The molecular weight excluding hydrogens is 214 g/mol. The van der Waals surface area contributed by atoms with Crippen LogP contribution in [0.4, 0.5) is 5.69 Å². The molecular formula is C14H15NO2. The molecule has 1 aliphatic carbocycles. The first-order chi connectivity index (χ1) is 8.22. The van der Waals surface area contributed by atoms with Crippen molar-refractivity contribution >= 4 is 17.9 Å². The fourth-order valence-electron chi connectivity index (χ4n) is 3.36. The molecule has 0 radical (unpaired) electrons. The van der Waals surface area contributed by atoms with E-state index in [2.05, 4.69) is 0 Å². The highest BCUT2D eigenvalue weighted by atomic mass is 16.2. The molecule has 1 saturated carbocycles. The topological polar surface area (TPSA) is 37.4 Å². The molecule has 88 valence electrons. The third-order valence-corrected chi connectivity index (χ3v) is 4.00. The van der Waals surface area contributed by atoms with Crippen molar-refractivity contribution in [1.82, 2.24) is 0 Å². The van der Waals surface area contributed by atoms with Crippen LogP contribution in [0.15, 0.2) is 18.2 Å². The zero-order valence-corrected chi connectivity index (χ0v) is 9.85. The third-order valence-electron chi connectivity index (χ3n) is 4.00. The van der Waals surface area contributed by atoms with E-state index in [1.807, 2.05) is 17.0 Å². The van der Waals surface area contributed by atoms with Crippen LogP contribution < -0.4 is 4.90 Å². The number of aldehydes is 1. The predicted octanol–water partition coefficient (Wildman–Crippen LogP) is 2.50. The van der Waals surface area contributed by atoms with Gasteiger partial charge in [-0.3, -0.25) is 9.59 Å². The summed E-state index contributed by atoms with van der Waals surface area (Å²) in [5.74, 6) is 0.549. The number of rotatable bonds is 1. The van der Waals surface area contributed by atoms with Gasteiger partial charge >= 0.3 is 0 Å². The first-order valence-electron chi connectivity index (χ1n) is 6.11. The van der Waals surface area contributed by atoms with E-state index in [0.717, 1.165) is 24.8 Å². The Hall–Kier alpha value is -1.64. The maximum Gasteiger partial charge on any atom is 0.224 e. The lowest BCUT2D eigenvalue weighted by molar-refractivity contribution is -0.116. The summed E-state index contributed by atoms with van der Waals surface area (Å²) in [6, 6.07) is 5.99. The van der Waals surface area contributed by atoms with Crippen LogP contribution in [0.1, 0.15) is 48.0 Å². The summed E-state index contributed by atoms with van der Waals surface area (Å²) in [7, 11) is 0. The maximum atomic E-state index is 11.8. The van der Waals surface area contributed by atoms with Gasteiger partial charge in [0.2, 0.25) is 5.91 Å². The van der Waals surface area contributed by atoms with Crippen molar-refractivity contribution < 1.29 is 9.59 Å². The van der Waals surface area contributed by atoms with Gasteiger partial charge in [-0.1, -0.05) is 6.42 Å². The smallest absolute Gasteiger partial charge is 0.224 e. The van der Waals surface area contributed by atoms with Crippen molar-refractivity contribution in [1.29, 1.82) is 0 Å². The van der Waals surface area contributed by atoms with Crippen LogP contribution >= 0.6 is 0 Å². The van der Waals surface area contributed by atoms with Crippen molar-refractivity contribution in [2.45, 2.75) is 38.1 Å². The van der Waals surface area contributed by atoms with Gasteiger partial charge in [0.25, 0.3) is 0 Å². The van der Waals surface area contributed by atoms with Crippen LogP contribution in [0, 0.1) is 0 Å². The molecule has 1 aliphatic heterocycles. The monoisotopic (exact) mass is 229 g/mol. The molecule has 3 heteroatoms. The van der Waals surface area contributed by atoms with Crippen molar-refractivity contribution in [2.75, 3.05) is 4.90 Å². The molecule has 0 bridgehead atoms. The van der Waals surface area contributed by atoms with E-state index in [1.165, 1.54) is 12.0 Å². The third kappa shape index (κ3) is 1.42. The van der Waals surface area contributed by atoms with Gasteiger partial charge in [0.05, 0.1) is 0 Å². The second-order valence-electron chi connectivity index (χ2n) is 4.93. The van der Waals surface area contributed by atoms with Crippen LogP contribution in [0.5, 0.6) is 0 Å². The summed E-state index contributed by atoms with van der Waals surface area (Å²) in [6.45, 7) is 1.62. The minimum atomic E-state index is 0.111. The standard InChI is InChI=1S/C14H15NO2/c1-9(17)15-13-4-2-3-11(13)12-7-10(8-16)5-6-14(12)15/h5-8,11,13H,2-4H2,1H3. The Morgan fingerprint density at radius 1 is 1.41 bits per heavy atom. The zero-order valence-electron chi connectivity index (χ0n) is 9.85. The molecule has 1 heterocycles. The summed E-state index contributed by atoms with van der Waals surface area (Å²) in [4.78, 5) is 24.5. The van der Waals surface area contributed by atoms with Crippen LogP contribution in [0.3, 0.4) is 0 Å². The Bertz CT molecular complexity index is 495. The maximum absolute atomic E-state index is 11.8. The molecule has 2 atom stereocenters. The zero-order chi connectivity index (χ0) is 12.0. The Kier molecular flexibility index (Phi) is 2.28. The van der Waals surface area contributed by atoms with E-state index >= 15 is 0 Å². The van der Waals surface area contributed by atoms with Gasteiger partial charge in [0.1, 0.15) is 6.29 Å². The number of hydrogen-bond acceptors (Lipinski definition) is 2. The Morgan fingerprint density at radius 3 is 2.94 bits per heavy atom. The fraction of sp³-hybridized carbons (Fsp3) is 0.429. The van der Waals surface area contributed by atoms with Gasteiger partial charge in [-0.2, -0.15) is 0 Å². The molecule has 0 saturated heterocycles. The van der Waals surface area contributed by atoms with E-state index in [9.17, 15) is 9.59 Å². The summed E-state index contributed by atoms with van der Waals surface area (Å²) in [6.07, 6.45) is 4.25. The van der Waals surface area contributed by atoms with Crippen molar-refractivity contribution in [3.63, 3.8) is 0 Å². The summed E-state index contributed by atoms with van der Waals surface area (Å²) in [5, 5.41) is 0. The van der Waals surface area contributed by atoms with E-state index in [4.69, 9.17) is 0 Å². The Labute approximate surface area is 100 Å². The van der Waals surface area contributed by atoms with Crippen LogP contribution in [-0.4, -0.2) is 18.2 Å². The van der Waals surface area contributed by atoms with Crippen molar-refractivity contribution in [2.24, 2.45) is 0 Å². The average Bonchev–Trinajstić information content (AvgIpc) is 2.87. The van der Waals surface area contributed by atoms with E-state index in [-0.39, 0.29) is 5.91 Å². The number of benzene rings is 1. The van der Waals surface area contributed by atoms with E-state index < -0.39 is 0 Å². The lowest BCUT2D eigenvalue weighted by Gasteiger charge is -2.23. The number of carbonyl (C=O) groups excluding carboxylic acids is 2. The molecule has 1 amide bonds. The van der Waals surface area contributed by atoms with Gasteiger partial charge in [-0.05, 0) is 36.6 Å². The Morgan fingerprint density at radius 2 is 2.24 bits per heavy atom. The number of anilines is 1. The quantitative estimate of drug-likeness (QED) is 0.694. The average molecular weight is 229 g/mol. The number of fused-ring (bicyclic) bond motifs is 3. The molecule has 0 spiro atoms. The highest BCUT2D eigenvalue weighted by molar-refractivity contribution is 5.96. The minimum Gasteiger partial charge on any atom is -0.309 e. The van der Waals surface area contributed by atoms with E-state index in [0.29, 0.717) is 17.5 Å². The predicted molar refractivity (Wildman–Crippen MR) is 65.4 cm³/mol. The molecule has 1 aromatic rings. The summed E-state index contributed by atoms with van der Waals surface area (Å²) >= 11 is 0. The highest BCUT2D eigenvalue weighted by Crippen LogP contribution is 2.49. The molecule has 0 N–H and O–H groups in total. The van der Waals surface area contributed by atoms with Gasteiger partial charge in [-0.25, -0.2) is 0 Å². The van der Waals surface area contributed by atoms with Gasteiger partial charge in [0.15, 0.2) is 0 Å². The molecule has 0 aromatic heterocycles. The Balaban J connectivity index is 2.13. The van der Waals surface area contributed by atoms with Gasteiger partial charge in [-0.15, -0.1) is 0 Å². The largest absolute Gasteiger partial charge is 0.309 e. The van der Waals surface area contributed by atoms with Gasteiger partial charge in [0, 0.05) is 30.1 Å². The number of nitrogens with zero attached hydrogens (tertiary/aromatic N) is 1. The molecule has 1 aromatic carbocycles. The van der Waals surface area contributed by atoms with Crippen LogP contribution in [0.2, 0.25) is 0 Å². The number of amides is 1. The van der Waals surface area contributed by atoms with Crippen LogP contribution in [-0.2, 0) is 4.79 Å². The van der Waals surface area contributed by atoms with Crippen molar-refractivity contribution in [3.05, 3.63) is 29.3 Å². The van der Waals surface area contributed by atoms with Crippen LogP contribution in [0.25, 0.3) is 0 Å². The molecule has 2 aliphatic rings. The lowest BCUT2D eigenvalue weighted by atomic mass is 9.96. The molecule has 2 unspecified atom stereocenters. The lowest BCUT2D eigenvalue weighted by Crippen LogP contribution is -2.35. The van der Waals surface area contributed by atoms with Gasteiger partial charge < -0.3 is 4.90 Å². The SMILES string of the molecule is CC(=O)N1c2ccc(C=O)cc2C2CCCC21. The first-order valence-corrected chi connectivity index (χ1v) is 6.11. The number of carbonyl (C=O) groups is 2. The minimum absolute atomic E-state index is 0.111. The second kappa shape index (κ2) is 3.69. The molecule has 17 heavy (non-hydrogen) atoms. The summed E-state index contributed by atoms with van der Waals surface area (Å²) < 4.78 is 0. The molecule has 3 nitrogen and oxygen atoms in total. The number of hydrogen-bond donors (Lipinski definition) is 0.